The number of hydrogen-bond acceptors (Lipinski definition) is 8. The standard InChI is InChI=1S/4C25H21N2P.C6H6.2Au.2ClH/c4*1-3-9-19(10-4-1)28(20-11-5-2-6-12-20)18-15-21-22-13-7-16-26-24(22)25-23(21)14-8-17-27-25;1-2-4-6-5-3-1;;;;/h4*1-14,16-17,21H,15,18H2;1-6H;;;2*1H/q;;;;;2*+1;;/p-2. The van der Waals surface area contributed by atoms with Crippen molar-refractivity contribution in [2.75, 3.05) is 24.6 Å². The number of pyridine rings is 8. The van der Waals surface area contributed by atoms with E-state index in [-0.39, 0.29) is 101 Å². The molecule has 0 spiro atoms. The molecule has 0 radical (unpaired) electrons. The van der Waals surface area contributed by atoms with Gasteiger partial charge in [0.05, 0.1) is 45.6 Å². The van der Waals surface area contributed by atoms with Gasteiger partial charge in [0.15, 0.2) is 0 Å². The maximum absolute atomic E-state index is 4.64. The Bertz CT molecular complexity index is 4970. The summed E-state index contributed by atoms with van der Waals surface area (Å²) in [7, 11) is -1.55. The van der Waals surface area contributed by atoms with Crippen molar-refractivity contribution < 1.29 is 69.6 Å². The largest absolute Gasteiger partial charge is 1.00 e. The van der Waals surface area contributed by atoms with Crippen molar-refractivity contribution in [2.24, 2.45) is 0 Å². The maximum atomic E-state index is 4.64. The van der Waals surface area contributed by atoms with E-state index in [0.717, 1.165) is 95.9 Å². The van der Waals surface area contributed by atoms with Crippen molar-refractivity contribution in [1.82, 2.24) is 39.9 Å². The van der Waals surface area contributed by atoms with Crippen LogP contribution in [0, 0.1) is 0 Å². The average molecular weight is 2060 g/mol. The number of fused-ring (bicyclic) bond motifs is 12. The van der Waals surface area contributed by atoms with Crippen LogP contribution < -0.4 is 67.3 Å². The van der Waals surface area contributed by atoms with Crippen LogP contribution in [0.5, 0.6) is 0 Å². The Morgan fingerprint density at radius 2 is 0.270 bits per heavy atom. The second-order valence-electron chi connectivity index (χ2n) is 29.3. The van der Waals surface area contributed by atoms with Crippen LogP contribution in [0.25, 0.3) is 45.6 Å². The van der Waals surface area contributed by atoms with Gasteiger partial charge in [0.2, 0.25) is 0 Å². The Kier molecular flexibility index (Phi) is 33.4. The van der Waals surface area contributed by atoms with Crippen LogP contribution in [0.1, 0.15) is 93.9 Å². The molecule has 4 aliphatic carbocycles. The summed E-state index contributed by atoms with van der Waals surface area (Å²) in [5.74, 6) is 1.52. The molecule has 122 heavy (non-hydrogen) atoms. The van der Waals surface area contributed by atoms with Gasteiger partial charge in [-0.3, -0.25) is 39.9 Å². The number of hydrogen-bond donors (Lipinski definition) is 0. The molecule has 0 aliphatic heterocycles. The molecule has 610 valence electrons. The molecular formula is C106H90Au2Cl2N8P4. The Morgan fingerprint density at radius 3 is 0.393 bits per heavy atom. The van der Waals surface area contributed by atoms with E-state index in [2.05, 4.69) is 380 Å². The van der Waals surface area contributed by atoms with E-state index in [9.17, 15) is 0 Å². The fourth-order valence-electron chi connectivity index (χ4n) is 17.0. The summed E-state index contributed by atoms with van der Waals surface area (Å²) in [6, 6.07) is 134. The third kappa shape index (κ3) is 21.2. The predicted octanol–water partition coefficient (Wildman–Crippen LogP) is 16.1. The number of aromatic nitrogens is 8. The first-order valence-corrected chi connectivity index (χ1v) is 46.9. The zero-order valence-corrected chi connectivity index (χ0v) is 76.5. The van der Waals surface area contributed by atoms with Gasteiger partial charge in [0.1, 0.15) is 0 Å². The zero-order chi connectivity index (χ0) is 79.3. The maximum Gasteiger partial charge on any atom is 1.00 e. The van der Waals surface area contributed by atoms with E-state index < -0.39 is 0 Å². The molecule has 4 aliphatic rings. The van der Waals surface area contributed by atoms with Crippen LogP contribution in [0.15, 0.2) is 426 Å². The third-order valence-corrected chi connectivity index (χ3v) is 32.6. The van der Waals surface area contributed by atoms with Crippen molar-refractivity contribution >= 4 is 74.1 Å². The summed E-state index contributed by atoms with van der Waals surface area (Å²) in [4.78, 5) is 37.1. The van der Waals surface area contributed by atoms with Crippen LogP contribution in [-0.4, -0.2) is 64.5 Å². The molecule has 0 N–H and O–H groups in total. The Balaban J connectivity index is 0.000000135. The Hall–Kier alpha value is -10.0. The zero-order valence-electron chi connectivity index (χ0n) is 67.1. The van der Waals surface area contributed by atoms with Gasteiger partial charge in [-0.15, -0.1) is 0 Å². The van der Waals surface area contributed by atoms with Gasteiger partial charge in [-0.05, 0) is 217 Å². The smallest absolute Gasteiger partial charge is 1.00 e. The van der Waals surface area contributed by atoms with E-state index >= 15 is 0 Å². The van der Waals surface area contributed by atoms with Crippen LogP contribution in [0.3, 0.4) is 0 Å². The van der Waals surface area contributed by atoms with E-state index in [0.29, 0.717) is 23.7 Å². The number of nitrogens with zero attached hydrogens (tertiary/aromatic N) is 8. The quantitative estimate of drug-likeness (QED) is 0.0549. The van der Waals surface area contributed by atoms with Crippen LogP contribution >= 0.6 is 31.7 Å². The molecule has 0 saturated heterocycles. The first kappa shape index (κ1) is 89.7. The summed E-state index contributed by atoms with van der Waals surface area (Å²) in [6.45, 7) is 0. The van der Waals surface area contributed by atoms with Crippen molar-refractivity contribution in [3.8, 4) is 45.6 Å². The minimum atomic E-state index is -0.386. The molecule has 0 bridgehead atoms. The first-order valence-electron chi connectivity index (χ1n) is 40.8. The van der Waals surface area contributed by atoms with Gasteiger partial charge >= 0.3 is 44.8 Å². The van der Waals surface area contributed by atoms with Crippen molar-refractivity contribution in [1.29, 1.82) is 0 Å². The molecule has 8 heterocycles. The van der Waals surface area contributed by atoms with E-state index in [1.807, 2.05) is 86.0 Å². The molecule has 16 heteroatoms. The molecule has 0 fully saturated rings. The summed E-state index contributed by atoms with van der Waals surface area (Å²) in [5.41, 5.74) is 19.1. The predicted molar refractivity (Wildman–Crippen MR) is 498 cm³/mol. The summed E-state index contributed by atoms with van der Waals surface area (Å²) >= 11 is 0. The van der Waals surface area contributed by atoms with E-state index in [1.54, 1.807) is 0 Å². The molecule has 0 amide bonds. The molecule has 8 aromatic heterocycles. The summed E-state index contributed by atoms with van der Waals surface area (Å²) in [5, 5.41) is 11.6. The van der Waals surface area contributed by atoms with Crippen molar-refractivity contribution in [2.45, 2.75) is 49.4 Å². The molecule has 21 rings (SSSR count). The average Bonchev–Trinajstić information content (AvgIpc) is 1.63. The second kappa shape index (κ2) is 45.4. The molecule has 17 aromatic rings. The molecular weight excluding hydrogens is 1970 g/mol. The second-order valence-corrected chi connectivity index (χ2v) is 38.7. The SMILES string of the molecule is [Au+].[Au+].[Cl-].[Cl-].c1ccc(P(CCC2c3cccnc3-c3ncccc32)c2ccccc2)cc1.c1ccc(P(CCC2c3cccnc3-c3ncccc32)c2ccccc2)cc1.c1ccc(P(CCC2c3cccnc3-c3ncccc32)c2ccccc2)cc1.c1ccc(P(CCC2c3cccnc3-c3ncccc32)c2ccccc2)cc1.c1ccccc1. The van der Waals surface area contributed by atoms with Crippen molar-refractivity contribution in [3.63, 3.8) is 0 Å². The van der Waals surface area contributed by atoms with Gasteiger partial charge in [-0.1, -0.05) is 328 Å². The van der Waals surface area contributed by atoms with Crippen molar-refractivity contribution in [3.05, 3.63) is 470 Å². The van der Waals surface area contributed by atoms with Gasteiger partial charge < -0.3 is 24.8 Å². The van der Waals surface area contributed by atoms with Gasteiger partial charge in [0.25, 0.3) is 0 Å². The van der Waals surface area contributed by atoms with E-state index in [4.69, 9.17) is 0 Å². The fraction of sp³-hybridized carbons (Fsp3) is 0.113. The normalized spacial score (nSPS) is 12.1. The first-order chi connectivity index (χ1) is 58.7. The van der Waals surface area contributed by atoms with Gasteiger partial charge in [-0.25, -0.2) is 0 Å². The number of rotatable bonds is 20. The topological polar surface area (TPSA) is 103 Å². The Morgan fingerprint density at radius 1 is 0.156 bits per heavy atom. The molecule has 8 nitrogen and oxygen atoms in total. The van der Waals surface area contributed by atoms with Gasteiger partial charge in [0, 0.05) is 73.2 Å². The van der Waals surface area contributed by atoms with Gasteiger partial charge in [-0.2, -0.15) is 0 Å². The minimum Gasteiger partial charge on any atom is -1.00 e. The fourth-order valence-corrected chi connectivity index (χ4v) is 26.6. The number of halogens is 2. The monoisotopic (exact) mass is 2060 g/mol. The molecule has 0 saturated carbocycles. The van der Waals surface area contributed by atoms with Crippen LogP contribution in [-0.2, 0) is 44.8 Å². The van der Waals surface area contributed by atoms with Crippen LogP contribution in [0.2, 0.25) is 0 Å². The number of benzene rings is 9. The Labute approximate surface area is 766 Å². The third-order valence-electron chi connectivity index (χ3n) is 22.4. The summed E-state index contributed by atoms with van der Waals surface area (Å²) < 4.78 is 0. The minimum absolute atomic E-state index is 0. The summed E-state index contributed by atoms with van der Waals surface area (Å²) in [6.07, 6.45) is 24.0. The van der Waals surface area contributed by atoms with Crippen LogP contribution in [0.4, 0.5) is 0 Å². The molecule has 0 atom stereocenters. The van der Waals surface area contributed by atoms with E-state index in [1.165, 1.54) is 86.9 Å². The molecule has 9 aromatic carbocycles. The molecule has 0 unspecified atom stereocenters.